The Morgan fingerprint density at radius 2 is 1.11 bits per heavy atom. The fourth-order valence-corrected chi connectivity index (χ4v) is 2.39. The van der Waals surface area contributed by atoms with Gasteiger partial charge in [0.15, 0.2) is 0 Å². The maximum atomic E-state index is 11.8. The zero-order valence-corrected chi connectivity index (χ0v) is 10.4. The van der Waals surface area contributed by atoms with Gasteiger partial charge in [0.2, 0.25) is 11.1 Å². The molecule has 0 aliphatic rings. The third kappa shape index (κ3) is 1.12. The monoisotopic (exact) mass is 256 g/mol. The lowest BCUT2D eigenvalue weighted by molar-refractivity contribution is 0.856. The number of hydrogen-bond donors (Lipinski definition) is 0. The third-order valence-electron chi connectivity index (χ3n) is 3.13. The first-order valence-corrected chi connectivity index (χ1v) is 5.59. The van der Waals surface area contributed by atoms with E-state index < -0.39 is 22.2 Å². The first kappa shape index (κ1) is 11.1. The highest BCUT2D eigenvalue weighted by Crippen LogP contribution is 2.13. The molecule has 0 aliphatic heterocycles. The standard InChI is InChI=1S/C11H6N2O4.Al/c1-13-10(16)6-2-4-5(3-7(6)11(13)17)9(15)12-8(4)14;/h2-3H,1H3,(H,12,14,15);/q;+1/p-1. The molecule has 0 N–H and O–H groups in total. The second kappa shape index (κ2) is 3.28. The zero-order valence-electron chi connectivity index (χ0n) is 9.26. The first-order chi connectivity index (χ1) is 8.43. The highest BCUT2D eigenvalue weighted by molar-refractivity contribution is 6.09. The molecule has 2 radical (unpaired) electrons. The fraction of sp³-hybridized carbons (Fsp3) is 0.0909. The average molecular weight is 256 g/mol. The average Bonchev–Trinajstić information content (AvgIpc) is 2.71. The van der Waals surface area contributed by atoms with Crippen LogP contribution in [0.3, 0.4) is 0 Å². The molecule has 0 bridgehead atoms. The van der Waals surface area contributed by atoms with Crippen LogP contribution in [0.15, 0.2) is 31.3 Å². The van der Waals surface area contributed by atoms with Gasteiger partial charge in [-0.15, -0.1) is 0 Å². The van der Waals surface area contributed by atoms with Crippen molar-refractivity contribution in [1.82, 2.24) is 8.12 Å². The van der Waals surface area contributed by atoms with Gasteiger partial charge in [-0.05, 0) is 12.1 Å². The molecule has 2 aromatic heterocycles. The SMILES string of the molecule is Cn1c(=O)c2cc3c(=O)[n]([Al])c(=O)c3cc2c1=O. The first-order valence-electron chi connectivity index (χ1n) is 5.07. The summed E-state index contributed by atoms with van der Waals surface area (Å²) in [5.41, 5.74) is -1.89. The van der Waals surface area contributed by atoms with Crippen molar-refractivity contribution in [2.75, 3.05) is 0 Å². The van der Waals surface area contributed by atoms with Gasteiger partial charge < -0.3 is 3.55 Å². The summed E-state index contributed by atoms with van der Waals surface area (Å²) in [5.74, 6) is 0. The molecule has 18 heavy (non-hydrogen) atoms. The number of benzene rings is 1. The van der Waals surface area contributed by atoms with Gasteiger partial charge in [-0.25, -0.2) is 0 Å². The maximum absolute atomic E-state index is 11.8. The molecular weight excluding hydrogens is 251 g/mol. The summed E-state index contributed by atoms with van der Waals surface area (Å²) >= 11 is 2.02. The molecule has 86 valence electrons. The lowest BCUT2D eigenvalue weighted by Gasteiger charge is -1.86. The van der Waals surface area contributed by atoms with Crippen molar-refractivity contribution in [1.29, 1.82) is 0 Å². The van der Waals surface area contributed by atoms with E-state index in [9.17, 15) is 19.2 Å². The van der Waals surface area contributed by atoms with Gasteiger partial charge in [-0.1, -0.05) is 0 Å². The quantitative estimate of drug-likeness (QED) is 0.453. The topological polar surface area (TPSA) is 78.1 Å². The molecule has 0 amide bonds. The minimum atomic E-state index is -0.488. The summed E-state index contributed by atoms with van der Waals surface area (Å²) in [6.45, 7) is 0. The molecule has 3 rings (SSSR count). The van der Waals surface area contributed by atoms with Crippen LogP contribution in [0.1, 0.15) is 0 Å². The number of aromatic nitrogens is 2. The van der Waals surface area contributed by atoms with E-state index >= 15 is 0 Å². The molecular formula is C11H5AlN2O4. The summed E-state index contributed by atoms with van der Waals surface area (Å²) in [4.78, 5) is 47.0. The molecule has 0 spiro atoms. The Labute approximate surface area is 107 Å². The van der Waals surface area contributed by atoms with Crippen molar-refractivity contribution < 1.29 is 0 Å². The van der Waals surface area contributed by atoms with Crippen LogP contribution < -0.4 is 22.2 Å². The van der Waals surface area contributed by atoms with Crippen LogP contribution in [0.2, 0.25) is 0 Å². The molecule has 0 unspecified atom stereocenters. The molecule has 0 aliphatic carbocycles. The number of fused-ring (bicyclic) bond motifs is 2. The lowest BCUT2D eigenvalue weighted by atomic mass is 10.1. The van der Waals surface area contributed by atoms with Gasteiger partial charge in [0.25, 0.3) is 11.1 Å². The Kier molecular flexibility index (Phi) is 2.03. The highest BCUT2D eigenvalue weighted by Gasteiger charge is 2.15. The van der Waals surface area contributed by atoms with Crippen molar-refractivity contribution in [2.45, 2.75) is 0 Å². The van der Waals surface area contributed by atoms with Gasteiger partial charge in [-0.3, -0.25) is 23.7 Å². The fourth-order valence-electron chi connectivity index (χ4n) is 2.11. The summed E-state index contributed by atoms with van der Waals surface area (Å²) in [6.07, 6.45) is 0. The minimum absolute atomic E-state index is 0.158. The van der Waals surface area contributed by atoms with Crippen LogP contribution in [0, 0.1) is 0 Å². The van der Waals surface area contributed by atoms with Crippen LogP contribution >= 0.6 is 0 Å². The third-order valence-corrected chi connectivity index (χ3v) is 3.60. The summed E-state index contributed by atoms with van der Waals surface area (Å²) in [7, 11) is 1.36. The van der Waals surface area contributed by atoms with Crippen LogP contribution in [0.5, 0.6) is 0 Å². The molecule has 0 saturated carbocycles. The van der Waals surface area contributed by atoms with Crippen LogP contribution in [-0.2, 0) is 7.05 Å². The van der Waals surface area contributed by atoms with Gasteiger partial charge in [0, 0.05) is 7.05 Å². The van der Waals surface area contributed by atoms with E-state index in [4.69, 9.17) is 0 Å². The summed E-state index contributed by atoms with van der Waals surface area (Å²) in [6, 6.07) is 2.64. The number of hydrogen-bond acceptors (Lipinski definition) is 4. The Bertz CT molecular complexity index is 859. The summed E-state index contributed by atoms with van der Waals surface area (Å²) in [5, 5.41) is 0.654. The molecule has 3 aromatic rings. The van der Waals surface area contributed by atoms with Gasteiger partial charge in [-0.2, -0.15) is 0 Å². The van der Waals surface area contributed by atoms with Gasteiger partial charge in [0.05, 0.1) is 21.5 Å². The lowest BCUT2D eigenvalue weighted by Crippen LogP contribution is -2.23. The Morgan fingerprint density at radius 1 is 0.778 bits per heavy atom. The minimum Gasteiger partial charge on any atom is -0.389 e. The number of nitrogens with zero attached hydrogens (tertiary/aromatic N) is 2. The van der Waals surface area contributed by atoms with E-state index in [2.05, 4.69) is 0 Å². The predicted octanol–water partition coefficient (Wildman–Crippen LogP) is -1.62. The van der Waals surface area contributed by atoms with Crippen LogP contribution in [0.25, 0.3) is 21.5 Å². The second-order valence-corrected chi connectivity index (χ2v) is 4.61. The van der Waals surface area contributed by atoms with Crippen molar-refractivity contribution in [3.05, 3.63) is 53.5 Å². The van der Waals surface area contributed by atoms with Crippen molar-refractivity contribution in [3.63, 3.8) is 0 Å². The van der Waals surface area contributed by atoms with Crippen molar-refractivity contribution >= 4 is 38.1 Å². The second-order valence-electron chi connectivity index (χ2n) is 4.09. The molecule has 0 fully saturated rings. The zero-order chi connectivity index (χ0) is 13.2. The van der Waals surface area contributed by atoms with Crippen LogP contribution in [-0.4, -0.2) is 24.6 Å². The van der Waals surface area contributed by atoms with E-state index in [0.717, 1.165) is 8.12 Å². The Balaban J connectivity index is 2.78. The van der Waals surface area contributed by atoms with Crippen molar-refractivity contribution in [3.8, 4) is 0 Å². The molecule has 2 heterocycles. The van der Waals surface area contributed by atoms with E-state index in [-0.39, 0.29) is 21.5 Å². The molecule has 0 saturated heterocycles. The molecule has 7 heteroatoms. The van der Waals surface area contributed by atoms with Crippen LogP contribution in [0.4, 0.5) is 0 Å². The summed E-state index contributed by atoms with van der Waals surface area (Å²) < 4.78 is 1.85. The predicted molar refractivity (Wildman–Crippen MR) is 67.0 cm³/mol. The van der Waals surface area contributed by atoms with E-state index in [1.807, 2.05) is 16.5 Å². The Hall–Kier alpha value is -1.97. The van der Waals surface area contributed by atoms with E-state index in [1.165, 1.54) is 19.2 Å². The normalized spacial score (nSPS) is 11.6. The van der Waals surface area contributed by atoms with E-state index in [0.29, 0.717) is 0 Å². The maximum Gasteiger partial charge on any atom is 0.328 e. The van der Waals surface area contributed by atoms with Gasteiger partial charge in [0.1, 0.15) is 0 Å². The Morgan fingerprint density at radius 3 is 1.50 bits per heavy atom. The highest BCUT2D eigenvalue weighted by atomic mass is 27.1. The molecule has 6 nitrogen and oxygen atoms in total. The van der Waals surface area contributed by atoms with Gasteiger partial charge >= 0.3 is 16.5 Å². The largest absolute Gasteiger partial charge is 0.389 e. The number of rotatable bonds is 0. The molecule has 1 aromatic carbocycles. The van der Waals surface area contributed by atoms with E-state index in [1.54, 1.807) is 0 Å². The van der Waals surface area contributed by atoms with Crippen molar-refractivity contribution in [2.24, 2.45) is 7.05 Å². The molecule has 0 atom stereocenters. The smallest absolute Gasteiger partial charge is 0.328 e.